The van der Waals surface area contributed by atoms with Crippen LogP contribution in [0.15, 0.2) is 30.0 Å². The molecule has 0 aromatic carbocycles. The lowest BCUT2D eigenvalue weighted by atomic mass is 10.1. The molecule has 1 aliphatic rings. The summed E-state index contributed by atoms with van der Waals surface area (Å²) in [5.41, 5.74) is 3.27. The van der Waals surface area contributed by atoms with Gasteiger partial charge in [-0.3, -0.25) is 0 Å². The highest BCUT2D eigenvalue weighted by molar-refractivity contribution is 4.86. The van der Waals surface area contributed by atoms with Gasteiger partial charge in [-0.1, -0.05) is 18.6 Å². The Hall–Kier alpha value is -0.740. The normalized spacial score (nSPS) is 20.6. The number of rotatable bonds is 0. The molecule has 0 atom stereocenters. The highest BCUT2D eigenvalue weighted by atomic mass is 13.9. The zero-order valence-electron chi connectivity index (χ0n) is 9.17. The lowest BCUT2D eigenvalue weighted by Gasteiger charge is -1.96. The van der Waals surface area contributed by atoms with Crippen molar-refractivity contribution in [2.75, 3.05) is 0 Å². The molecule has 0 aliphatic heterocycles. The largest absolute Gasteiger partial charge is 0.130 e. The number of allylic oxidation sites excluding steroid dienone is 3. The Balaban J connectivity index is 2.25. The molecule has 78 valence electrons. The summed E-state index contributed by atoms with van der Waals surface area (Å²) in [7, 11) is 0. The van der Waals surface area contributed by atoms with Crippen molar-refractivity contribution in [3.63, 3.8) is 0 Å². The Morgan fingerprint density at radius 2 is 1.07 bits per heavy atom. The van der Waals surface area contributed by atoms with Crippen LogP contribution in [0.3, 0.4) is 0 Å². The van der Waals surface area contributed by atoms with Gasteiger partial charge in [-0.05, 0) is 63.5 Å². The zero-order chi connectivity index (χ0) is 9.90. The number of hydrogen-bond donors (Lipinski definition) is 0. The molecule has 0 fully saturated rings. The molecule has 14 heavy (non-hydrogen) atoms. The average molecular weight is 190 g/mol. The summed E-state index contributed by atoms with van der Waals surface area (Å²) >= 11 is 0. The van der Waals surface area contributed by atoms with Crippen molar-refractivity contribution in [3.8, 4) is 0 Å². The van der Waals surface area contributed by atoms with E-state index in [1.807, 2.05) is 0 Å². The minimum atomic E-state index is 1.20. The summed E-state index contributed by atoms with van der Waals surface area (Å²) in [5, 5.41) is 0. The molecule has 0 bridgehead atoms. The van der Waals surface area contributed by atoms with Crippen molar-refractivity contribution in [3.05, 3.63) is 30.0 Å². The summed E-state index contributed by atoms with van der Waals surface area (Å²) in [5.74, 6) is 0. The van der Waals surface area contributed by atoms with Crippen LogP contribution in [-0.4, -0.2) is 0 Å². The standard InChI is InChI=1S/C14H22/c1-2-4-6-8-10-12-14-13-11-9-7-5-3-1/h1-2,11,14H,3-10,12H2. The minimum absolute atomic E-state index is 1.20. The smallest absolute Gasteiger partial charge is 0.0274 e. The topological polar surface area (TPSA) is 0 Å². The Morgan fingerprint density at radius 3 is 1.79 bits per heavy atom. The first kappa shape index (κ1) is 11.3. The van der Waals surface area contributed by atoms with E-state index in [1.165, 1.54) is 57.8 Å². The molecule has 0 heterocycles. The maximum Gasteiger partial charge on any atom is -0.0274 e. The molecular formula is C14H22. The van der Waals surface area contributed by atoms with E-state index >= 15 is 0 Å². The lowest BCUT2D eigenvalue weighted by Crippen LogP contribution is -1.76. The molecule has 0 unspecified atom stereocenters. The Morgan fingerprint density at radius 1 is 0.571 bits per heavy atom. The first-order chi connectivity index (χ1) is 7.00. The monoisotopic (exact) mass is 190 g/mol. The summed E-state index contributed by atoms with van der Waals surface area (Å²) in [6, 6.07) is 0. The molecule has 0 radical (unpaired) electrons. The van der Waals surface area contributed by atoms with Crippen LogP contribution in [0.5, 0.6) is 0 Å². The quantitative estimate of drug-likeness (QED) is 0.381. The predicted octanol–water partition coefficient (Wildman–Crippen LogP) is 4.78. The Bertz CT molecular complexity index is 204. The van der Waals surface area contributed by atoms with Crippen molar-refractivity contribution >= 4 is 0 Å². The average Bonchev–Trinajstić information content (AvgIpc) is 2.22. The van der Waals surface area contributed by atoms with Crippen molar-refractivity contribution in [1.29, 1.82) is 0 Å². The molecular weight excluding hydrogens is 168 g/mol. The van der Waals surface area contributed by atoms with Crippen LogP contribution >= 0.6 is 0 Å². The zero-order valence-corrected chi connectivity index (χ0v) is 9.17. The van der Waals surface area contributed by atoms with E-state index in [-0.39, 0.29) is 0 Å². The van der Waals surface area contributed by atoms with Crippen molar-refractivity contribution in [1.82, 2.24) is 0 Å². The third-order valence-electron chi connectivity index (χ3n) is 2.59. The van der Waals surface area contributed by atoms with Gasteiger partial charge in [0.2, 0.25) is 0 Å². The van der Waals surface area contributed by atoms with Crippen molar-refractivity contribution in [2.24, 2.45) is 0 Å². The summed E-state index contributed by atoms with van der Waals surface area (Å²) in [6.45, 7) is 0. The molecule has 0 aromatic rings. The molecule has 0 spiro atoms. The van der Waals surface area contributed by atoms with Crippen molar-refractivity contribution < 1.29 is 0 Å². The minimum Gasteiger partial charge on any atom is -0.130 e. The van der Waals surface area contributed by atoms with Gasteiger partial charge in [0.15, 0.2) is 0 Å². The van der Waals surface area contributed by atoms with Crippen molar-refractivity contribution in [2.45, 2.75) is 57.8 Å². The molecule has 1 rings (SSSR count). The maximum atomic E-state index is 3.27. The Kier molecular flexibility index (Phi) is 7.16. The van der Waals surface area contributed by atoms with Gasteiger partial charge in [-0.2, -0.15) is 0 Å². The van der Waals surface area contributed by atoms with Crippen LogP contribution in [0, 0.1) is 0 Å². The van der Waals surface area contributed by atoms with E-state index in [2.05, 4.69) is 30.0 Å². The second-order valence-electron chi connectivity index (χ2n) is 3.97. The summed E-state index contributed by atoms with van der Waals surface area (Å²) in [4.78, 5) is 0. The van der Waals surface area contributed by atoms with Gasteiger partial charge in [-0.25, -0.2) is 0 Å². The molecule has 1 aliphatic carbocycles. The van der Waals surface area contributed by atoms with Crippen LogP contribution in [-0.2, 0) is 0 Å². The highest BCUT2D eigenvalue weighted by Crippen LogP contribution is 2.07. The summed E-state index contributed by atoms with van der Waals surface area (Å²) in [6.07, 6.45) is 20.7. The lowest BCUT2D eigenvalue weighted by molar-refractivity contribution is 0.692. The van der Waals surface area contributed by atoms with Crippen LogP contribution in [0.4, 0.5) is 0 Å². The van der Waals surface area contributed by atoms with E-state index in [0.29, 0.717) is 0 Å². The van der Waals surface area contributed by atoms with Gasteiger partial charge in [0.25, 0.3) is 0 Å². The SMILES string of the molecule is C1=CCCCCC=CCCCCCC=1. The molecule has 0 N–H and O–H groups in total. The first-order valence-electron chi connectivity index (χ1n) is 6.04. The molecule has 0 aromatic heterocycles. The van der Waals surface area contributed by atoms with Crippen LogP contribution in [0.1, 0.15) is 57.8 Å². The van der Waals surface area contributed by atoms with Gasteiger partial charge in [0, 0.05) is 0 Å². The van der Waals surface area contributed by atoms with E-state index in [0.717, 1.165) is 0 Å². The second-order valence-corrected chi connectivity index (χ2v) is 3.97. The van der Waals surface area contributed by atoms with E-state index in [1.54, 1.807) is 0 Å². The van der Waals surface area contributed by atoms with Gasteiger partial charge in [0.1, 0.15) is 0 Å². The predicted molar refractivity (Wildman–Crippen MR) is 63.3 cm³/mol. The van der Waals surface area contributed by atoms with Crippen LogP contribution in [0.2, 0.25) is 0 Å². The molecule has 0 saturated carbocycles. The second kappa shape index (κ2) is 8.84. The van der Waals surface area contributed by atoms with E-state index in [9.17, 15) is 0 Å². The van der Waals surface area contributed by atoms with Gasteiger partial charge >= 0.3 is 0 Å². The molecule has 0 saturated heterocycles. The third kappa shape index (κ3) is 6.74. The Labute approximate surface area is 88.4 Å². The van der Waals surface area contributed by atoms with Gasteiger partial charge < -0.3 is 0 Å². The highest BCUT2D eigenvalue weighted by Gasteiger charge is 1.87. The molecule has 0 nitrogen and oxygen atoms in total. The van der Waals surface area contributed by atoms with Crippen LogP contribution < -0.4 is 0 Å². The van der Waals surface area contributed by atoms with Gasteiger partial charge in [0.05, 0.1) is 0 Å². The maximum absolute atomic E-state index is 3.27. The van der Waals surface area contributed by atoms with Crippen LogP contribution in [0.25, 0.3) is 0 Å². The fourth-order valence-electron chi connectivity index (χ4n) is 1.68. The summed E-state index contributed by atoms with van der Waals surface area (Å²) < 4.78 is 0. The van der Waals surface area contributed by atoms with E-state index < -0.39 is 0 Å². The molecule has 0 amide bonds. The molecule has 0 heteroatoms. The fraction of sp³-hybridized carbons (Fsp3) is 0.643. The number of hydrogen-bond acceptors (Lipinski definition) is 0. The van der Waals surface area contributed by atoms with Gasteiger partial charge in [-0.15, -0.1) is 5.73 Å². The fourth-order valence-corrected chi connectivity index (χ4v) is 1.68. The third-order valence-corrected chi connectivity index (χ3v) is 2.59. The van der Waals surface area contributed by atoms with E-state index in [4.69, 9.17) is 0 Å². The first-order valence-corrected chi connectivity index (χ1v) is 6.04.